The summed E-state index contributed by atoms with van der Waals surface area (Å²) >= 11 is 5.42. The van der Waals surface area contributed by atoms with E-state index in [4.69, 9.17) is 11.6 Å². The number of rotatable bonds is 1. The lowest BCUT2D eigenvalue weighted by Crippen LogP contribution is -1.86. The molecule has 1 aromatic rings. The summed E-state index contributed by atoms with van der Waals surface area (Å²) in [5.74, 6) is 0.361. The Labute approximate surface area is 57.6 Å². The number of halogens is 1. The number of hydrogen-bond acceptors (Lipinski definition) is 3. The van der Waals surface area contributed by atoms with Gasteiger partial charge in [-0.05, 0) is 6.07 Å². The van der Waals surface area contributed by atoms with Gasteiger partial charge in [-0.25, -0.2) is 0 Å². The SMILES string of the molecule is [CH2]Oc1ccc(Cl)nn1. The smallest absolute Gasteiger partial charge is 0.233 e. The van der Waals surface area contributed by atoms with Gasteiger partial charge in [0.25, 0.3) is 0 Å². The van der Waals surface area contributed by atoms with Crippen LogP contribution in [0.15, 0.2) is 12.1 Å². The van der Waals surface area contributed by atoms with E-state index in [1.54, 1.807) is 12.1 Å². The third-order valence-corrected chi connectivity index (χ3v) is 0.957. The van der Waals surface area contributed by atoms with Crippen LogP contribution in [0.5, 0.6) is 5.88 Å². The largest absolute Gasteiger partial charge is 0.473 e. The zero-order valence-electron chi connectivity index (χ0n) is 4.54. The van der Waals surface area contributed by atoms with Crippen molar-refractivity contribution in [2.45, 2.75) is 0 Å². The van der Waals surface area contributed by atoms with Crippen LogP contribution in [0.2, 0.25) is 5.15 Å². The van der Waals surface area contributed by atoms with Gasteiger partial charge in [0.1, 0.15) is 7.11 Å². The molecule has 0 aliphatic carbocycles. The fourth-order valence-corrected chi connectivity index (χ4v) is 0.482. The molecule has 0 spiro atoms. The lowest BCUT2D eigenvalue weighted by atomic mass is 10.6. The number of hydrogen-bond donors (Lipinski definition) is 0. The van der Waals surface area contributed by atoms with Crippen molar-refractivity contribution < 1.29 is 4.74 Å². The van der Waals surface area contributed by atoms with E-state index in [1.807, 2.05) is 0 Å². The molecule has 0 fully saturated rings. The van der Waals surface area contributed by atoms with Gasteiger partial charge in [0.15, 0.2) is 5.15 Å². The maximum atomic E-state index is 5.42. The highest BCUT2D eigenvalue weighted by Gasteiger charge is 1.90. The minimum atomic E-state index is 0.343. The fraction of sp³-hybridized carbons (Fsp3) is 0. The molecule has 3 nitrogen and oxygen atoms in total. The molecule has 47 valence electrons. The van der Waals surface area contributed by atoms with Gasteiger partial charge in [-0.2, -0.15) is 0 Å². The third-order valence-electron chi connectivity index (χ3n) is 0.755. The molecule has 0 bridgehead atoms. The lowest BCUT2D eigenvalue weighted by molar-refractivity contribution is 0.446. The van der Waals surface area contributed by atoms with Gasteiger partial charge >= 0.3 is 0 Å². The quantitative estimate of drug-likeness (QED) is 0.595. The van der Waals surface area contributed by atoms with Crippen molar-refractivity contribution in [3.8, 4) is 5.88 Å². The first-order valence-corrected chi connectivity index (χ1v) is 2.62. The van der Waals surface area contributed by atoms with Crippen LogP contribution in [-0.4, -0.2) is 10.2 Å². The van der Waals surface area contributed by atoms with Gasteiger partial charge in [0, 0.05) is 6.07 Å². The first-order valence-electron chi connectivity index (χ1n) is 2.24. The van der Waals surface area contributed by atoms with E-state index in [-0.39, 0.29) is 0 Å². The lowest BCUT2D eigenvalue weighted by Gasteiger charge is -1.92. The summed E-state index contributed by atoms with van der Waals surface area (Å²) in [7, 11) is 3.14. The minimum absolute atomic E-state index is 0.343. The molecule has 0 aromatic carbocycles. The van der Waals surface area contributed by atoms with E-state index in [9.17, 15) is 0 Å². The predicted molar refractivity (Wildman–Crippen MR) is 33.0 cm³/mol. The topological polar surface area (TPSA) is 35.0 Å². The molecule has 1 rings (SSSR count). The van der Waals surface area contributed by atoms with Crippen molar-refractivity contribution in [3.05, 3.63) is 24.4 Å². The predicted octanol–water partition coefficient (Wildman–Crippen LogP) is 1.30. The van der Waals surface area contributed by atoms with Crippen LogP contribution in [0, 0.1) is 7.11 Å². The molecule has 1 radical (unpaired) electrons. The second-order valence-corrected chi connectivity index (χ2v) is 1.73. The molecule has 0 aliphatic heterocycles. The molecule has 0 amide bonds. The first-order chi connectivity index (χ1) is 4.33. The van der Waals surface area contributed by atoms with Crippen molar-refractivity contribution in [3.63, 3.8) is 0 Å². The van der Waals surface area contributed by atoms with Crippen LogP contribution in [0.3, 0.4) is 0 Å². The molecule has 0 atom stereocenters. The van der Waals surface area contributed by atoms with E-state index in [2.05, 4.69) is 22.0 Å². The minimum Gasteiger partial charge on any atom is -0.473 e. The summed E-state index contributed by atoms with van der Waals surface area (Å²) < 4.78 is 4.49. The van der Waals surface area contributed by atoms with Crippen molar-refractivity contribution in [1.82, 2.24) is 10.2 Å². The van der Waals surface area contributed by atoms with Crippen molar-refractivity contribution in [2.24, 2.45) is 0 Å². The molecule has 0 saturated carbocycles. The Bertz CT molecular complexity index is 187. The Morgan fingerprint density at radius 3 is 2.67 bits per heavy atom. The Morgan fingerprint density at radius 2 is 2.22 bits per heavy atom. The monoisotopic (exact) mass is 143 g/mol. The standard InChI is InChI=1S/C5H4ClN2O/c1-9-5-3-2-4(6)7-8-5/h2-3H,1H2. The summed E-state index contributed by atoms with van der Waals surface area (Å²) in [5, 5.41) is 7.37. The van der Waals surface area contributed by atoms with Crippen molar-refractivity contribution in [1.29, 1.82) is 0 Å². The van der Waals surface area contributed by atoms with E-state index in [0.29, 0.717) is 11.0 Å². The van der Waals surface area contributed by atoms with Gasteiger partial charge in [-0.3, -0.25) is 0 Å². The average molecular weight is 144 g/mol. The highest BCUT2D eigenvalue weighted by Crippen LogP contribution is 2.06. The van der Waals surface area contributed by atoms with Crippen LogP contribution in [0.1, 0.15) is 0 Å². The maximum Gasteiger partial charge on any atom is 0.233 e. The second kappa shape index (κ2) is 2.64. The number of ether oxygens (including phenoxy) is 1. The molecular formula is C5H4ClN2O. The summed E-state index contributed by atoms with van der Waals surface area (Å²) in [6.07, 6.45) is 0. The molecule has 0 N–H and O–H groups in total. The molecule has 4 heteroatoms. The molecule has 9 heavy (non-hydrogen) atoms. The summed E-state index contributed by atoms with van der Waals surface area (Å²) in [4.78, 5) is 0. The van der Waals surface area contributed by atoms with Crippen LogP contribution >= 0.6 is 11.6 Å². The van der Waals surface area contributed by atoms with E-state index in [0.717, 1.165) is 0 Å². The van der Waals surface area contributed by atoms with E-state index in [1.165, 1.54) is 0 Å². The van der Waals surface area contributed by atoms with Gasteiger partial charge in [0.05, 0.1) is 0 Å². The highest BCUT2D eigenvalue weighted by atomic mass is 35.5. The molecule has 1 heterocycles. The Morgan fingerprint density at radius 1 is 1.44 bits per heavy atom. The maximum absolute atomic E-state index is 5.42. The first kappa shape index (κ1) is 6.29. The molecule has 0 unspecified atom stereocenters. The molecular weight excluding hydrogens is 140 g/mol. The third kappa shape index (κ3) is 1.54. The second-order valence-electron chi connectivity index (χ2n) is 1.34. The van der Waals surface area contributed by atoms with Gasteiger partial charge in [0.2, 0.25) is 5.88 Å². The van der Waals surface area contributed by atoms with Crippen LogP contribution < -0.4 is 4.74 Å². The zero-order valence-corrected chi connectivity index (χ0v) is 5.30. The van der Waals surface area contributed by atoms with Gasteiger partial charge in [-0.1, -0.05) is 11.6 Å². The average Bonchev–Trinajstić information content (AvgIpc) is 1.90. The molecule has 0 saturated heterocycles. The molecule has 1 aromatic heterocycles. The van der Waals surface area contributed by atoms with Crippen molar-refractivity contribution >= 4 is 11.6 Å². The normalized spacial score (nSPS) is 9.11. The number of nitrogens with zero attached hydrogens (tertiary/aromatic N) is 2. The Hall–Kier alpha value is -0.830. The van der Waals surface area contributed by atoms with Crippen LogP contribution in [0.25, 0.3) is 0 Å². The van der Waals surface area contributed by atoms with Crippen LogP contribution in [-0.2, 0) is 0 Å². The zero-order chi connectivity index (χ0) is 6.69. The Kier molecular flexibility index (Phi) is 1.85. The molecule has 0 aliphatic rings. The van der Waals surface area contributed by atoms with E-state index >= 15 is 0 Å². The van der Waals surface area contributed by atoms with Gasteiger partial charge in [-0.15, -0.1) is 10.2 Å². The summed E-state index contributed by atoms with van der Waals surface area (Å²) in [6, 6.07) is 3.16. The summed E-state index contributed by atoms with van der Waals surface area (Å²) in [6.45, 7) is 0. The number of aromatic nitrogens is 2. The van der Waals surface area contributed by atoms with Gasteiger partial charge < -0.3 is 4.74 Å². The van der Waals surface area contributed by atoms with E-state index < -0.39 is 0 Å². The highest BCUT2D eigenvalue weighted by molar-refractivity contribution is 6.29. The fourth-order valence-electron chi connectivity index (χ4n) is 0.381. The van der Waals surface area contributed by atoms with Crippen LogP contribution in [0.4, 0.5) is 0 Å². The summed E-state index contributed by atoms with van der Waals surface area (Å²) in [5.41, 5.74) is 0. The van der Waals surface area contributed by atoms with Crippen molar-refractivity contribution in [2.75, 3.05) is 0 Å². The Balaban J connectivity index is 2.88.